The Balaban J connectivity index is 1.91. The van der Waals surface area contributed by atoms with Gasteiger partial charge in [0.2, 0.25) is 10.0 Å². The largest absolute Gasteiger partial charge is 0.497 e. The Kier molecular flexibility index (Phi) is 4.84. The third-order valence-corrected chi connectivity index (χ3v) is 5.76. The number of hydrogen-bond donors (Lipinski definition) is 2. The average Bonchev–Trinajstić information content (AvgIpc) is 2.59. The van der Waals surface area contributed by atoms with Crippen LogP contribution in [-0.2, 0) is 16.6 Å². The van der Waals surface area contributed by atoms with Crippen LogP contribution in [0.2, 0.25) is 0 Å². The standard InChI is InChI=1S/C19H20N2O4S/c1-12-4-7-18(13(2)8-12)26(23,24)20-11-15-9-14-10-16(25-3)5-6-17(14)21-19(15)22/h4-10,20H,11H2,1-3H3,(H,21,22). The van der Waals surface area contributed by atoms with Gasteiger partial charge in [0.1, 0.15) is 5.75 Å². The SMILES string of the molecule is COc1ccc2[nH]c(=O)c(CNS(=O)(=O)c3ccc(C)cc3C)cc2c1. The lowest BCUT2D eigenvalue weighted by atomic mass is 10.1. The van der Waals surface area contributed by atoms with E-state index in [-0.39, 0.29) is 17.0 Å². The van der Waals surface area contributed by atoms with Crippen LogP contribution in [0.3, 0.4) is 0 Å². The predicted octanol–water partition coefficient (Wildman–Crippen LogP) is 2.63. The normalized spacial score (nSPS) is 11.7. The molecule has 1 heterocycles. The fourth-order valence-electron chi connectivity index (χ4n) is 2.84. The van der Waals surface area contributed by atoms with Crippen LogP contribution in [0.15, 0.2) is 52.2 Å². The third-order valence-electron chi connectivity index (χ3n) is 4.20. The molecule has 2 aromatic carbocycles. The van der Waals surface area contributed by atoms with E-state index in [9.17, 15) is 13.2 Å². The number of rotatable bonds is 5. The van der Waals surface area contributed by atoms with Crippen LogP contribution < -0.4 is 15.0 Å². The summed E-state index contributed by atoms with van der Waals surface area (Å²) in [5, 5.41) is 0.768. The number of benzene rings is 2. The minimum Gasteiger partial charge on any atom is -0.497 e. The maximum atomic E-state index is 12.6. The summed E-state index contributed by atoms with van der Waals surface area (Å²) in [6, 6.07) is 12.1. The highest BCUT2D eigenvalue weighted by Crippen LogP contribution is 2.19. The van der Waals surface area contributed by atoms with Gasteiger partial charge in [-0.15, -0.1) is 0 Å². The van der Waals surface area contributed by atoms with Gasteiger partial charge < -0.3 is 9.72 Å². The van der Waals surface area contributed by atoms with Crippen molar-refractivity contribution >= 4 is 20.9 Å². The van der Waals surface area contributed by atoms with Crippen molar-refractivity contribution in [2.45, 2.75) is 25.3 Å². The van der Waals surface area contributed by atoms with Gasteiger partial charge in [-0.25, -0.2) is 13.1 Å². The number of aryl methyl sites for hydroxylation is 2. The lowest BCUT2D eigenvalue weighted by Crippen LogP contribution is -2.27. The zero-order chi connectivity index (χ0) is 18.9. The molecule has 136 valence electrons. The molecule has 0 unspecified atom stereocenters. The van der Waals surface area contributed by atoms with Crippen LogP contribution in [0.4, 0.5) is 0 Å². The predicted molar refractivity (Wildman–Crippen MR) is 101 cm³/mol. The molecule has 0 bridgehead atoms. The van der Waals surface area contributed by atoms with E-state index in [0.29, 0.717) is 22.4 Å². The molecule has 3 aromatic rings. The van der Waals surface area contributed by atoms with E-state index >= 15 is 0 Å². The minimum absolute atomic E-state index is 0.0991. The first-order valence-corrected chi connectivity index (χ1v) is 9.55. The first-order chi connectivity index (χ1) is 12.3. The van der Waals surface area contributed by atoms with E-state index in [2.05, 4.69) is 9.71 Å². The van der Waals surface area contributed by atoms with Gasteiger partial charge in [0.25, 0.3) is 5.56 Å². The minimum atomic E-state index is -3.72. The first-order valence-electron chi connectivity index (χ1n) is 8.07. The highest BCUT2D eigenvalue weighted by Gasteiger charge is 2.17. The number of ether oxygens (including phenoxy) is 1. The fourth-order valence-corrected chi connectivity index (χ4v) is 4.07. The number of hydrogen-bond acceptors (Lipinski definition) is 4. The Hall–Kier alpha value is -2.64. The van der Waals surface area contributed by atoms with Gasteiger partial charge >= 0.3 is 0 Å². The number of sulfonamides is 1. The molecule has 7 heteroatoms. The number of H-pyrrole nitrogens is 1. The summed E-state index contributed by atoms with van der Waals surface area (Å²) in [5.74, 6) is 0.659. The van der Waals surface area contributed by atoms with Crippen molar-refractivity contribution in [2.24, 2.45) is 0 Å². The molecule has 3 rings (SSSR count). The quantitative estimate of drug-likeness (QED) is 0.721. The molecule has 0 aliphatic heterocycles. The van der Waals surface area contributed by atoms with Crippen LogP contribution in [0, 0.1) is 13.8 Å². The molecule has 26 heavy (non-hydrogen) atoms. The van der Waals surface area contributed by atoms with Crippen molar-refractivity contribution in [3.05, 3.63) is 69.5 Å². The summed E-state index contributed by atoms with van der Waals surface area (Å²) < 4.78 is 32.8. The van der Waals surface area contributed by atoms with Crippen LogP contribution >= 0.6 is 0 Å². The number of aromatic nitrogens is 1. The molecule has 0 fully saturated rings. The number of nitrogens with one attached hydrogen (secondary N) is 2. The smallest absolute Gasteiger partial charge is 0.252 e. The lowest BCUT2D eigenvalue weighted by Gasteiger charge is -2.10. The summed E-state index contributed by atoms with van der Waals surface area (Å²) in [6.07, 6.45) is 0. The Morgan fingerprint density at radius 2 is 1.85 bits per heavy atom. The van der Waals surface area contributed by atoms with Crippen LogP contribution in [0.1, 0.15) is 16.7 Å². The van der Waals surface area contributed by atoms with E-state index in [1.165, 1.54) is 0 Å². The number of methoxy groups -OCH3 is 1. The van der Waals surface area contributed by atoms with Crippen LogP contribution in [0.5, 0.6) is 5.75 Å². The highest BCUT2D eigenvalue weighted by molar-refractivity contribution is 7.89. The maximum Gasteiger partial charge on any atom is 0.252 e. The van der Waals surface area contributed by atoms with Gasteiger partial charge in [0, 0.05) is 23.0 Å². The van der Waals surface area contributed by atoms with Gasteiger partial charge in [-0.1, -0.05) is 17.7 Å². The Morgan fingerprint density at radius 1 is 1.08 bits per heavy atom. The topological polar surface area (TPSA) is 88.3 Å². The van der Waals surface area contributed by atoms with Crippen molar-refractivity contribution in [1.29, 1.82) is 0 Å². The Labute approximate surface area is 151 Å². The Bertz CT molecular complexity index is 1130. The monoisotopic (exact) mass is 372 g/mol. The molecule has 0 saturated heterocycles. The third kappa shape index (κ3) is 3.63. The molecule has 0 saturated carbocycles. The number of fused-ring (bicyclic) bond motifs is 1. The molecule has 0 radical (unpaired) electrons. The molecule has 0 amide bonds. The van der Waals surface area contributed by atoms with Gasteiger partial charge in [-0.2, -0.15) is 0 Å². The van der Waals surface area contributed by atoms with E-state index in [4.69, 9.17) is 4.74 Å². The molecule has 6 nitrogen and oxygen atoms in total. The van der Waals surface area contributed by atoms with Gasteiger partial charge in [0.15, 0.2) is 0 Å². The summed E-state index contributed by atoms with van der Waals surface area (Å²) in [5.41, 5.74) is 2.32. The fraction of sp³-hybridized carbons (Fsp3) is 0.211. The number of pyridine rings is 1. The van der Waals surface area contributed by atoms with Crippen molar-refractivity contribution in [3.63, 3.8) is 0 Å². The van der Waals surface area contributed by atoms with E-state index in [0.717, 1.165) is 10.9 Å². The highest BCUT2D eigenvalue weighted by atomic mass is 32.2. The maximum absolute atomic E-state index is 12.6. The van der Waals surface area contributed by atoms with Crippen molar-refractivity contribution in [2.75, 3.05) is 7.11 Å². The van der Waals surface area contributed by atoms with Gasteiger partial charge in [-0.3, -0.25) is 4.79 Å². The molecular formula is C19H20N2O4S. The molecule has 0 spiro atoms. The summed E-state index contributed by atoms with van der Waals surface area (Å²) >= 11 is 0. The molecule has 2 N–H and O–H groups in total. The summed E-state index contributed by atoms with van der Waals surface area (Å²) in [7, 11) is -2.15. The zero-order valence-electron chi connectivity index (χ0n) is 14.8. The van der Waals surface area contributed by atoms with Crippen molar-refractivity contribution in [3.8, 4) is 5.75 Å². The Morgan fingerprint density at radius 3 is 2.54 bits per heavy atom. The van der Waals surface area contributed by atoms with E-state index in [1.54, 1.807) is 50.4 Å². The van der Waals surface area contributed by atoms with E-state index < -0.39 is 10.0 Å². The zero-order valence-corrected chi connectivity index (χ0v) is 15.6. The molecule has 0 aliphatic carbocycles. The van der Waals surface area contributed by atoms with Gasteiger partial charge in [-0.05, 0) is 49.7 Å². The van der Waals surface area contributed by atoms with Crippen molar-refractivity contribution < 1.29 is 13.2 Å². The van der Waals surface area contributed by atoms with Gasteiger partial charge in [0.05, 0.1) is 12.0 Å². The second kappa shape index (κ2) is 6.93. The summed E-state index contributed by atoms with van der Waals surface area (Å²) in [4.78, 5) is 15.2. The molecule has 1 aromatic heterocycles. The lowest BCUT2D eigenvalue weighted by molar-refractivity contribution is 0.415. The summed E-state index contributed by atoms with van der Waals surface area (Å²) in [6.45, 7) is 3.55. The van der Waals surface area contributed by atoms with Crippen LogP contribution in [0.25, 0.3) is 10.9 Å². The molecular weight excluding hydrogens is 352 g/mol. The first kappa shape index (κ1) is 18.2. The molecule has 0 atom stereocenters. The second-order valence-electron chi connectivity index (χ2n) is 6.17. The molecule has 0 aliphatic rings. The average molecular weight is 372 g/mol. The van der Waals surface area contributed by atoms with Crippen molar-refractivity contribution in [1.82, 2.24) is 9.71 Å². The van der Waals surface area contributed by atoms with E-state index in [1.807, 2.05) is 13.0 Å². The number of aromatic amines is 1. The second-order valence-corrected chi connectivity index (χ2v) is 7.91. The van der Waals surface area contributed by atoms with Crippen LogP contribution in [-0.4, -0.2) is 20.5 Å².